The molecule has 0 aromatic rings. The summed E-state index contributed by atoms with van der Waals surface area (Å²) in [5.41, 5.74) is 8.41. The molecular formula is C22H29NO2. The van der Waals surface area contributed by atoms with Crippen molar-refractivity contribution in [2.45, 2.75) is 45.6 Å². The minimum atomic E-state index is 0.156. The van der Waals surface area contributed by atoms with Crippen LogP contribution in [0.4, 0.5) is 0 Å². The smallest absolute Gasteiger partial charge is 0.195 e. The summed E-state index contributed by atoms with van der Waals surface area (Å²) >= 11 is 0. The number of allylic oxidation sites excluding steroid dienone is 6. The Hall–Kier alpha value is -1.74. The third kappa shape index (κ3) is 2.69. The zero-order valence-electron chi connectivity index (χ0n) is 15.8. The Morgan fingerprint density at radius 2 is 1.96 bits per heavy atom. The van der Waals surface area contributed by atoms with Crippen LogP contribution in [0.5, 0.6) is 0 Å². The summed E-state index contributed by atoms with van der Waals surface area (Å²) in [6.45, 7) is 5.55. The first kappa shape index (κ1) is 16.7. The fraction of sp³-hybridized carbons (Fsp3) is 0.545. The molecule has 4 rings (SSSR count). The summed E-state index contributed by atoms with van der Waals surface area (Å²) in [6.07, 6.45) is 11.5. The summed E-state index contributed by atoms with van der Waals surface area (Å²) in [6, 6.07) is 0. The van der Waals surface area contributed by atoms with Gasteiger partial charge in [0.25, 0.3) is 0 Å². The van der Waals surface area contributed by atoms with Crippen molar-refractivity contribution in [1.82, 2.24) is 5.32 Å². The molecule has 3 nitrogen and oxygen atoms in total. The Morgan fingerprint density at radius 1 is 1.12 bits per heavy atom. The van der Waals surface area contributed by atoms with Crippen LogP contribution in [0.15, 0.2) is 57.5 Å². The van der Waals surface area contributed by atoms with Gasteiger partial charge in [-0.05, 0) is 59.8 Å². The molecule has 1 N–H and O–H groups in total. The van der Waals surface area contributed by atoms with Gasteiger partial charge in [0, 0.05) is 19.2 Å². The zero-order chi connectivity index (χ0) is 17.6. The van der Waals surface area contributed by atoms with Gasteiger partial charge in [-0.25, -0.2) is 0 Å². The highest BCUT2D eigenvalue weighted by Gasteiger charge is 2.38. The maximum atomic E-state index is 6.02. The molecule has 2 unspecified atom stereocenters. The first-order valence-electron chi connectivity index (χ1n) is 9.50. The van der Waals surface area contributed by atoms with E-state index >= 15 is 0 Å². The lowest BCUT2D eigenvalue weighted by Gasteiger charge is -2.38. The van der Waals surface area contributed by atoms with Gasteiger partial charge in [0.2, 0.25) is 0 Å². The van der Waals surface area contributed by atoms with E-state index in [0.717, 1.165) is 31.7 Å². The summed E-state index contributed by atoms with van der Waals surface area (Å²) in [7, 11) is 3.63. The zero-order valence-corrected chi connectivity index (χ0v) is 15.8. The van der Waals surface area contributed by atoms with Gasteiger partial charge >= 0.3 is 0 Å². The molecule has 0 amide bonds. The van der Waals surface area contributed by atoms with Crippen molar-refractivity contribution in [1.29, 1.82) is 0 Å². The van der Waals surface area contributed by atoms with Gasteiger partial charge in [-0.2, -0.15) is 0 Å². The number of methoxy groups -OCH3 is 2. The van der Waals surface area contributed by atoms with Crippen LogP contribution in [-0.2, 0) is 9.47 Å². The molecule has 1 aliphatic heterocycles. The predicted molar refractivity (Wildman–Crippen MR) is 101 cm³/mol. The molecule has 0 radical (unpaired) electrons. The molecule has 0 aromatic carbocycles. The van der Waals surface area contributed by atoms with E-state index in [-0.39, 0.29) is 6.10 Å². The molecule has 25 heavy (non-hydrogen) atoms. The van der Waals surface area contributed by atoms with E-state index in [1.54, 1.807) is 7.11 Å². The Kier molecular flexibility index (Phi) is 4.36. The molecule has 0 saturated carbocycles. The topological polar surface area (TPSA) is 30.5 Å². The minimum Gasteiger partial charge on any atom is -0.482 e. The Morgan fingerprint density at radius 3 is 2.68 bits per heavy atom. The summed E-state index contributed by atoms with van der Waals surface area (Å²) in [5.74, 6) is 2.29. The van der Waals surface area contributed by atoms with E-state index in [1.165, 1.54) is 39.9 Å². The van der Waals surface area contributed by atoms with Gasteiger partial charge < -0.3 is 14.8 Å². The van der Waals surface area contributed by atoms with E-state index in [1.807, 2.05) is 7.11 Å². The lowest BCUT2D eigenvalue weighted by molar-refractivity contribution is 0.0902. The summed E-state index contributed by atoms with van der Waals surface area (Å²) < 4.78 is 11.8. The van der Waals surface area contributed by atoms with Crippen molar-refractivity contribution in [2.75, 3.05) is 20.8 Å². The van der Waals surface area contributed by atoms with Crippen molar-refractivity contribution >= 4 is 0 Å². The average molecular weight is 339 g/mol. The second-order valence-electron chi connectivity index (χ2n) is 7.90. The maximum absolute atomic E-state index is 6.02. The van der Waals surface area contributed by atoms with Crippen LogP contribution >= 0.6 is 0 Å². The molecule has 134 valence electrons. The first-order valence-corrected chi connectivity index (χ1v) is 9.50. The Bertz CT molecular complexity index is 733. The van der Waals surface area contributed by atoms with Crippen LogP contribution in [0.1, 0.15) is 39.5 Å². The molecule has 0 aromatic heterocycles. The molecule has 1 heterocycles. The van der Waals surface area contributed by atoms with E-state index < -0.39 is 0 Å². The summed E-state index contributed by atoms with van der Waals surface area (Å²) in [5, 5.41) is 3.51. The van der Waals surface area contributed by atoms with Crippen molar-refractivity contribution in [2.24, 2.45) is 11.8 Å². The third-order valence-corrected chi connectivity index (χ3v) is 6.24. The molecule has 0 saturated heterocycles. The van der Waals surface area contributed by atoms with Gasteiger partial charge in [-0.15, -0.1) is 0 Å². The number of ether oxygens (including phenoxy) is 2. The van der Waals surface area contributed by atoms with Gasteiger partial charge in [0.15, 0.2) is 5.88 Å². The molecule has 4 aliphatic rings. The molecule has 0 fully saturated rings. The average Bonchev–Trinajstić information content (AvgIpc) is 2.80. The molecule has 3 aliphatic carbocycles. The standard InChI is InChI=1S/C22H29NO2/c1-13(2)17-10-15-9-8-14-6-5-7-16-12-23-22(25-4)21(19(14)16)20(15)18(11-17)24-3/h5-6,8,13,17-18,23H,7,9-12H2,1-4H3. The number of hydrogen-bond acceptors (Lipinski definition) is 3. The van der Waals surface area contributed by atoms with Crippen LogP contribution in [0, 0.1) is 11.8 Å². The minimum absolute atomic E-state index is 0.156. The van der Waals surface area contributed by atoms with Crippen LogP contribution in [-0.4, -0.2) is 26.9 Å². The lowest BCUT2D eigenvalue weighted by atomic mass is 9.72. The fourth-order valence-electron chi connectivity index (χ4n) is 4.81. The van der Waals surface area contributed by atoms with Crippen molar-refractivity contribution in [3.63, 3.8) is 0 Å². The molecule has 0 spiro atoms. The van der Waals surface area contributed by atoms with E-state index in [2.05, 4.69) is 37.4 Å². The van der Waals surface area contributed by atoms with Gasteiger partial charge in [0.05, 0.1) is 13.2 Å². The second-order valence-corrected chi connectivity index (χ2v) is 7.90. The SMILES string of the molecule is COC1=C2C3=C(CC=CC3=CCC3=C2C(OC)CC(C(C)C)C3)CN1. The van der Waals surface area contributed by atoms with E-state index in [0.29, 0.717) is 11.8 Å². The molecular weight excluding hydrogens is 310 g/mol. The number of hydrogen-bond donors (Lipinski definition) is 1. The highest BCUT2D eigenvalue weighted by atomic mass is 16.5. The monoisotopic (exact) mass is 339 g/mol. The van der Waals surface area contributed by atoms with E-state index in [9.17, 15) is 0 Å². The van der Waals surface area contributed by atoms with Crippen molar-refractivity contribution in [3.8, 4) is 0 Å². The lowest BCUT2D eigenvalue weighted by Crippen LogP contribution is -2.33. The first-order chi connectivity index (χ1) is 12.1. The highest BCUT2D eigenvalue weighted by Crippen LogP contribution is 2.48. The molecule has 2 atom stereocenters. The van der Waals surface area contributed by atoms with Crippen molar-refractivity contribution < 1.29 is 9.47 Å². The normalized spacial score (nSPS) is 28.4. The largest absolute Gasteiger partial charge is 0.482 e. The number of dihydropyridines is 1. The number of fused-ring (bicyclic) bond motifs is 1. The Labute approximate surface area is 151 Å². The van der Waals surface area contributed by atoms with Gasteiger partial charge in [0.1, 0.15) is 0 Å². The van der Waals surface area contributed by atoms with Crippen LogP contribution < -0.4 is 5.32 Å². The summed E-state index contributed by atoms with van der Waals surface area (Å²) in [4.78, 5) is 0. The van der Waals surface area contributed by atoms with E-state index in [4.69, 9.17) is 9.47 Å². The fourth-order valence-corrected chi connectivity index (χ4v) is 4.81. The molecule has 0 bridgehead atoms. The molecule has 3 heteroatoms. The maximum Gasteiger partial charge on any atom is 0.195 e. The van der Waals surface area contributed by atoms with Gasteiger partial charge in [-0.1, -0.05) is 37.6 Å². The predicted octanol–water partition coefficient (Wildman–Crippen LogP) is 4.41. The van der Waals surface area contributed by atoms with Gasteiger partial charge in [-0.3, -0.25) is 0 Å². The van der Waals surface area contributed by atoms with Crippen LogP contribution in [0.25, 0.3) is 0 Å². The quantitative estimate of drug-likeness (QED) is 0.826. The van der Waals surface area contributed by atoms with Crippen LogP contribution in [0.3, 0.4) is 0 Å². The Balaban J connectivity index is 1.91. The number of rotatable bonds is 3. The number of nitrogens with one attached hydrogen (secondary N) is 1. The van der Waals surface area contributed by atoms with Crippen LogP contribution in [0.2, 0.25) is 0 Å². The highest BCUT2D eigenvalue weighted by molar-refractivity contribution is 5.68. The van der Waals surface area contributed by atoms with Crippen molar-refractivity contribution in [3.05, 3.63) is 57.5 Å². The third-order valence-electron chi connectivity index (χ3n) is 6.24. The second kappa shape index (κ2) is 6.53.